The van der Waals surface area contributed by atoms with Gasteiger partial charge in [0.05, 0.1) is 12.4 Å². The van der Waals surface area contributed by atoms with Crippen molar-refractivity contribution in [3.05, 3.63) is 30.5 Å². The molecule has 2 aliphatic rings. The Labute approximate surface area is 178 Å². The molecule has 8 nitrogen and oxygen atoms in total. The number of anilines is 2. The molecule has 1 N–H and O–H groups in total. The van der Waals surface area contributed by atoms with E-state index in [0.29, 0.717) is 24.4 Å². The minimum absolute atomic E-state index is 0.0642. The molecule has 13 heteroatoms. The van der Waals surface area contributed by atoms with E-state index in [4.69, 9.17) is 0 Å². The summed E-state index contributed by atoms with van der Waals surface area (Å²) in [4.78, 5) is 17.7. The molecule has 170 valence electrons. The van der Waals surface area contributed by atoms with Crippen molar-refractivity contribution in [2.75, 3.05) is 23.3 Å². The molecule has 32 heavy (non-hydrogen) atoms. The van der Waals surface area contributed by atoms with E-state index in [0.717, 1.165) is 23.7 Å². The molecular formula is C19H19F5N8. The highest BCUT2D eigenvalue weighted by molar-refractivity contribution is 5.71. The highest BCUT2D eigenvalue weighted by Crippen LogP contribution is 2.42. The third-order valence-corrected chi connectivity index (χ3v) is 6.01. The topological polar surface area (TPSA) is 84.7 Å². The van der Waals surface area contributed by atoms with E-state index in [1.54, 1.807) is 4.90 Å². The first-order chi connectivity index (χ1) is 15.3. The van der Waals surface area contributed by atoms with E-state index in [9.17, 15) is 22.0 Å². The number of rotatable bonds is 5. The zero-order chi connectivity index (χ0) is 22.5. The van der Waals surface area contributed by atoms with Crippen molar-refractivity contribution < 1.29 is 22.0 Å². The van der Waals surface area contributed by atoms with Crippen LogP contribution in [0.1, 0.15) is 18.5 Å². The summed E-state index contributed by atoms with van der Waals surface area (Å²) < 4.78 is 66.4. The molecule has 2 fully saturated rings. The van der Waals surface area contributed by atoms with Gasteiger partial charge in [0.25, 0.3) is 6.43 Å². The van der Waals surface area contributed by atoms with Gasteiger partial charge in [-0.25, -0.2) is 33.4 Å². The van der Waals surface area contributed by atoms with Gasteiger partial charge < -0.3 is 10.2 Å². The fraction of sp³-hybridized carbons (Fsp3) is 0.526. The Bertz CT molecular complexity index is 1100. The molecule has 0 amide bonds. The molecule has 1 aliphatic carbocycles. The lowest BCUT2D eigenvalue weighted by molar-refractivity contribution is -0.140. The third-order valence-electron chi connectivity index (χ3n) is 6.01. The molecule has 0 spiro atoms. The van der Waals surface area contributed by atoms with Gasteiger partial charge in [-0.05, 0) is 24.7 Å². The van der Waals surface area contributed by atoms with Crippen LogP contribution in [0.2, 0.25) is 0 Å². The van der Waals surface area contributed by atoms with Gasteiger partial charge in [0, 0.05) is 31.5 Å². The van der Waals surface area contributed by atoms with Crippen molar-refractivity contribution in [2.24, 2.45) is 11.8 Å². The average molecular weight is 454 g/mol. The normalized spacial score (nSPS) is 23.3. The van der Waals surface area contributed by atoms with Crippen LogP contribution >= 0.6 is 0 Å². The van der Waals surface area contributed by atoms with Gasteiger partial charge in [0.15, 0.2) is 17.2 Å². The number of nitrogens with one attached hydrogen (secondary N) is 1. The Morgan fingerprint density at radius 3 is 2.44 bits per heavy atom. The molecular weight excluding hydrogens is 435 g/mol. The number of hydrogen-bond donors (Lipinski definition) is 1. The summed E-state index contributed by atoms with van der Waals surface area (Å²) in [5, 5.41) is 7.20. The van der Waals surface area contributed by atoms with Crippen molar-refractivity contribution in [3.8, 4) is 0 Å². The predicted molar refractivity (Wildman–Crippen MR) is 104 cm³/mol. The molecule has 3 aromatic heterocycles. The molecule has 0 aromatic carbocycles. The first kappa shape index (κ1) is 20.8. The summed E-state index contributed by atoms with van der Waals surface area (Å²) in [6, 6.07) is 0.0642. The van der Waals surface area contributed by atoms with Crippen LogP contribution in [0.3, 0.4) is 0 Å². The number of nitrogens with zero attached hydrogens (tertiary/aromatic N) is 7. The molecule has 4 heterocycles. The summed E-state index contributed by atoms with van der Waals surface area (Å²) in [6.45, 7) is 0.375. The van der Waals surface area contributed by atoms with Crippen molar-refractivity contribution in [1.29, 1.82) is 0 Å². The molecule has 2 unspecified atom stereocenters. The Morgan fingerprint density at radius 2 is 1.75 bits per heavy atom. The molecule has 5 rings (SSSR count). The Hall–Kier alpha value is -3.12. The van der Waals surface area contributed by atoms with Crippen LogP contribution in [0.5, 0.6) is 0 Å². The van der Waals surface area contributed by atoms with E-state index in [2.05, 4.69) is 30.4 Å². The van der Waals surface area contributed by atoms with Crippen molar-refractivity contribution >= 4 is 22.8 Å². The zero-order valence-electron chi connectivity index (χ0n) is 16.7. The Balaban J connectivity index is 1.26. The van der Waals surface area contributed by atoms with E-state index in [-0.39, 0.29) is 29.3 Å². The van der Waals surface area contributed by atoms with Gasteiger partial charge in [-0.15, -0.1) is 0 Å². The van der Waals surface area contributed by atoms with Gasteiger partial charge in [-0.1, -0.05) is 0 Å². The number of halogens is 5. The van der Waals surface area contributed by atoms with Crippen LogP contribution in [-0.4, -0.2) is 55.3 Å². The molecule has 1 saturated carbocycles. The largest absolute Gasteiger partial charge is 0.437 e. The highest BCUT2D eigenvalue weighted by Gasteiger charge is 2.44. The quantitative estimate of drug-likeness (QED) is 0.593. The minimum atomic E-state index is -4.56. The van der Waals surface area contributed by atoms with Crippen molar-refractivity contribution in [3.63, 3.8) is 0 Å². The second-order valence-electron chi connectivity index (χ2n) is 8.15. The maximum Gasteiger partial charge on any atom is 0.437 e. The third kappa shape index (κ3) is 3.91. The Kier molecular flexibility index (Phi) is 5.05. The summed E-state index contributed by atoms with van der Waals surface area (Å²) in [6.07, 6.45) is -0.361. The lowest BCUT2D eigenvalue weighted by Gasteiger charge is -2.23. The van der Waals surface area contributed by atoms with Crippen LogP contribution < -0.4 is 10.2 Å². The fourth-order valence-electron chi connectivity index (χ4n) is 4.74. The van der Waals surface area contributed by atoms with Gasteiger partial charge in [0.2, 0.25) is 0 Å². The summed E-state index contributed by atoms with van der Waals surface area (Å²) in [7, 11) is 0. The van der Waals surface area contributed by atoms with Crippen molar-refractivity contribution in [2.45, 2.75) is 38.0 Å². The van der Waals surface area contributed by atoms with Crippen LogP contribution in [-0.2, 0) is 12.7 Å². The lowest BCUT2D eigenvalue weighted by atomic mass is 10.0. The monoisotopic (exact) mass is 454 g/mol. The fourth-order valence-corrected chi connectivity index (χ4v) is 4.74. The van der Waals surface area contributed by atoms with Crippen LogP contribution in [0.4, 0.5) is 33.6 Å². The maximum atomic E-state index is 13.3. The number of alkyl halides is 5. The lowest BCUT2D eigenvalue weighted by Crippen LogP contribution is -2.28. The standard InChI is InChI=1S/C19H19F5N8/c20-14(21)9-32-17-13(5-28-32)27-6-15(30-17)29-12-3-10-7-31(8-11(10)4-12)18-16(19(22,23)24)25-1-2-26-18/h1-2,5-6,10-12,14H,3-4,7-9H2,(H,29,30). The molecule has 0 bridgehead atoms. The molecule has 0 radical (unpaired) electrons. The number of fused-ring (bicyclic) bond motifs is 2. The smallest absolute Gasteiger partial charge is 0.366 e. The van der Waals surface area contributed by atoms with Gasteiger partial charge in [0.1, 0.15) is 17.9 Å². The second kappa shape index (κ2) is 7.78. The molecule has 1 aliphatic heterocycles. The summed E-state index contributed by atoms with van der Waals surface area (Å²) >= 11 is 0. The van der Waals surface area contributed by atoms with Gasteiger partial charge in [-0.2, -0.15) is 18.3 Å². The predicted octanol–water partition coefficient (Wildman–Crippen LogP) is 3.23. The Morgan fingerprint density at radius 1 is 1.03 bits per heavy atom. The van der Waals surface area contributed by atoms with E-state index in [1.807, 2.05) is 0 Å². The SMILES string of the molecule is FC(F)Cn1ncc2ncc(NC3CC4CN(c5nccnc5C(F)(F)F)CC4C3)nc21. The van der Waals surface area contributed by atoms with Crippen LogP contribution in [0.15, 0.2) is 24.8 Å². The number of aromatic nitrogens is 6. The first-order valence-corrected chi connectivity index (χ1v) is 10.1. The van der Waals surface area contributed by atoms with Crippen molar-refractivity contribution in [1.82, 2.24) is 29.7 Å². The van der Waals surface area contributed by atoms with E-state index < -0.39 is 24.8 Å². The number of hydrogen-bond acceptors (Lipinski definition) is 7. The maximum absolute atomic E-state index is 13.3. The van der Waals surface area contributed by atoms with Crippen LogP contribution in [0.25, 0.3) is 11.2 Å². The van der Waals surface area contributed by atoms with Gasteiger partial charge >= 0.3 is 6.18 Å². The zero-order valence-corrected chi connectivity index (χ0v) is 16.7. The second-order valence-corrected chi connectivity index (χ2v) is 8.15. The summed E-state index contributed by atoms with van der Waals surface area (Å²) in [5.41, 5.74) is -0.250. The molecule has 3 aromatic rings. The minimum Gasteiger partial charge on any atom is -0.366 e. The van der Waals surface area contributed by atoms with E-state index in [1.165, 1.54) is 18.6 Å². The summed E-state index contributed by atoms with van der Waals surface area (Å²) in [5.74, 6) is 0.749. The molecule has 2 atom stereocenters. The van der Waals surface area contributed by atoms with Gasteiger partial charge in [-0.3, -0.25) is 0 Å². The first-order valence-electron chi connectivity index (χ1n) is 10.1. The molecule has 1 saturated heterocycles. The van der Waals surface area contributed by atoms with Crippen LogP contribution in [0, 0.1) is 11.8 Å². The highest BCUT2D eigenvalue weighted by atomic mass is 19.4. The average Bonchev–Trinajstić information content (AvgIpc) is 3.41. The van der Waals surface area contributed by atoms with E-state index >= 15 is 0 Å².